The minimum Gasteiger partial charge on any atom is -0.465 e. The molecule has 0 saturated heterocycles. The number of hydrogen-bond donors (Lipinski definition) is 2. The van der Waals surface area contributed by atoms with Crippen molar-refractivity contribution in [3.8, 4) is 0 Å². The molecule has 0 fully saturated rings. The highest BCUT2D eigenvalue weighted by Gasteiger charge is 2.11. The maximum atomic E-state index is 12.0. The lowest BCUT2D eigenvalue weighted by Crippen LogP contribution is -2.19. The lowest BCUT2D eigenvalue weighted by Gasteiger charge is -2.04. The first-order valence-corrected chi connectivity index (χ1v) is 8.07. The number of anilines is 2. The number of benzene rings is 2. The molecule has 2 amide bonds. The number of rotatable bonds is 3. The number of nitrogens with zero attached hydrogens (tertiary/aromatic N) is 1. The highest BCUT2D eigenvalue weighted by molar-refractivity contribution is 7.22. The zero-order valence-corrected chi connectivity index (χ0v) is 14.1. The summed E-state index contributed by atoms with van der Waals surface area (Å²) >= 11 is 7.07. The van der Waals surface area contributed by atoms with Crippen LogP contribution in [-0.2, 0) is 4.74 Å². The summed E-state index contributed by atoms with van der Waals surface area (Å²) in [4.78, 5) is 27.9. The summed E-state index contributed by atoms with van der Waals surface area (Å²) in [6, 6.07) is 11.4. The van der Waals surface area contributed by atoms with Crippen LogP contribution in [0.5, 0.6) is 0 Å². The molecule has 1 aromatic heterocycles. The molecule has 0 spiro atoms. The van der Waals surface area contributed by atoms with Crippen molar-refractivity contribution in [3.63, 3.8) is 0 Å². The van der Waals surface area contributed by atoms with Gasteiger partial charge in [0.05, 0.1) is 22.9 Å². The van der Waals surface area contributed by atoms with E-state index in [-0.39, 0.29) is 0 Å². The number of ether oxygens (including phenoxy) is 1. The quantitative estimate of drug-likeness (QED) is 0.678. The van der Waals surface area contributed by atoms with Gasteiger partial charge in [-0.1, -0.05) is 22.9 Å². The molecule has 2 N–H and O–H groups in total. The van der Waals surface area contributed by atoms with Gasteiger partial charge in [-0.3, -0.25) is 5.32 Å². The summed E-state index contributed by atoms with van der Waals surface area (Å²) in [6.45, 7) is 0. The monoisotopic (exact) mass is 361 g/mol. The van der Waals surface area contributed by atoms with Crippen molar-refractivity contribution in [2.45, 2.75) is 0 Å². The van der Waals surface area contributed by atoms with Crippen LogP contribution in [0.1, 0.15) is 10.4 Å². The fourth-order valence-corrected chi connectivity index (χ4v) is 3.04. The first-order valence-electron chi connectivity index (χ1n) is 6.87. The molecule has 0 aliphatic rings. The van der Waals surface area contributed by atoms with E-state index in [2.05, 4.69) is 20.4 Å². The number of fused-ring (bicyclic) bond motifs is 1. The summed E-state index contributed by atoms with van der Waals surface area (Å²) in [6.07, 6.45) is 0. The molecule has 0 bridgehead atoms. The van der Waals surface area contributed by atoms with Gasteiger partial charge >= 0.3 is 12.0 Å². The van der Waals surface area contributed by atoms with Gasteiger partial charge in [-0.05, 0) is 42.5 Å². The summed E-state index contributed by atoms with van der Waals surface area (Å²) in [5.74, 6) is -0.416. The van der Waals surface area contributed by atoms with Crippen LogP contribution in [0.3, 0.4) is 0 Å². The minimum atomic E-state index is -0.416. The van der Waals surface area contributed by atoms with Crippen LogP contribution in [0, 0.1) is 0 Å². The van der Waals surface area contributed by atoms with E-state index in [0.29, 0.717) is 26.9 Å². The first kappa shape index (κ1) is 16.2. The molecule has 0 saturated carbocycles. The molecule has 0 aliphatic carbocycles. The third-order valence-electron chi connectivity index (χ3n) is 3.13. The Bertz CT molecular complexity index is 909. The number of methoxy groups -OCH3 is 1. The number of hydrogen-bond acceptors (Lipinski definition) is 5. The molecule has 0 atom stereocenters. The zero-order valence-electron chi connectivity index (χ0n) is 12.5. The molecule has 0 aliphatic heterocycles. The molecule has 0 unspecified atom stereocenters. The normalized spacial score (nSPS) is 10.4. The van der Waals surface area contributed by atoms with Crippen molar-refractivity contribution < 1.29 is 14.3 Å². The molecular weight excluding hydrogens is 350 g/mol. The number of nitrogens with one attached hydrogen (secondary N) is 2. The van der Waals surface area contributed by atoms with E-state index >= 15 is 0 Å². The van der Waals surface area contributed by atoms with Crippen LogP contribution in [-0.4, -0.2) is 24.1 Å². The molecule has 1 heterocycles. The van der Waals surface area contributed by atoms with Crippen LogP contribution in [0.15, 0.2) is 42.5 Å². The van der Waals surface area contributed by atoms with E-state index in [1.54, 1.807) is 42.5 Å². The molecular formula is C16H12ClN3O3S. The Labute approximate surface area is 146 Å². The zero-order chi connectivity index (χ0) is 17.1. The highest BCUT2D eigenvalue weighted by Crippen LogP contribution is 2.27. The van der Waals surface area contributed by atoms with E-state index in [9.17, 15) is 9.59 Å². The summed E-state index contributed by atoms with van der Waals surface area (Å²) in [5.41, 5.74) is 1.74. The average molecular weight is 362 g/mol. The van der Waals surface area contributed by atoms with Crippen LogP contribution < -0.4 is 10.6 Å². The molecule has 8 heteroatoms. The van der Waals surface area contributed by atoms with Gasteiger partial charge in [-0.2, -0.15) is 0 Å². The van der Waals surface area contributed by atoms with E-state index < -0.39 is 12.0 Å². The second-order valence-corrected chi connectivity index (χ2v) is 6.25. The second-order valence-electron chi connectivity index (χ2n) is 4.78. The molecule has 0 radical (unpaired) electrons. The van der Waals surface area contributed by atoms with Gasteiger partial charge in [-0.15, -0.1) is 0 Å². The number of carbonyl (C=O) groups is 2. The number of carbonyl (C=O) groups excluding carboxylic acids is 2. The third kappa shape index (κ3) is 3.64. The Morgan fingerprint density at radius 1 is 1.12 bits per heavy atom. The molecule has 24 heavy (non-hydrogen) atoms. The topological polar surface area (TPSA) is 80.3 Å². The van der Waals surface area contributed by atoms with Gasteiger partial charge < -0.3 is 10.1 Å². The smallest absolute Gasteiger partial charge is 0.337 e. The van der Waals surface area contributed by atoms with Crippen molar-refractivity contribution in [1.82, 2.24) is 4.98 Å². The second kappa shape index (κ2) is 6.86. The Hall–Kier alpha value is -2.64. The predicted molar refractivity (Wildman–Crippen MR) is 95.1 cm³/mol. The largest absolute Gasteiger partial charge is 0.465 e. The maximum Gasteiger partial charge on any atom is 0.337 e. The average Bonchev–Trinajstić information content (AvgIpc) is 2.97. The van der Waals surface area contributed by atoms with E-state index in [1.807, 2.05) is 0 Å². The lowest BCUT2D eigenvalue weighted by atomic mass is 10.2. The van der Waals surface area contributed by atoms with Crippen LogP contribution in [0.2, 0.25) is 5.02 Å². The van der Waals surface area contributed by atoms with Gasteiger partial charge in [0, 0.05) is 10.7 Å². The Morgan fingerprint density at radius 3 is 2.58 bits per heavy atom. The maximum absolute atomic E-state index is 12.0. The lowest BCUT2D eigenvalue weighted by molar-refractivity contribution is 0.0601. The summed E-state index contributed by atoms with van der Waals surface area (Å²) in [7, 11) is 1.33. The van der Waals surface area contributed by atoms with E-state index in [4.69, 9.17) is 11.6 Å². The molecule has 3 aromatic rings. The highest BCUT2D eigenvalue weighted by atomic mass is 35.5. The van der Waals surface area contributed by atoms with Gasteiger partial charge in [0.2, 0.25) is 0 Å². The number of thiazole rings is 1. The summed E-state index contributed by atoms with van der Waals surface area (Å²) in [5, 5.41) is 6.37. The molecule has 2 aromatic carbocycles. The van der Waals surface area contributed by atoms with Crippen molar-refractivity contribution in [2.24, 2.45) is 0 Å². The number of amides is 2. The number of halogens is 1. The Balaban J connectivity index is 1.73. The van der Waals surface area contributed by atoms with Crippen molar-refractivity contribution in [2.75, 3.05) is 17.7 Å². The fourth-order valence-electron chi connectivity index (χ4n) is 2.02. The van der Waals surface area contributed by atoms with Gasteiger partial charge in [-0.25, -0.2) is 14.6 Å². The van der Waals surface area contributed by atoms with Crippen molar-refractivity contribution >= 4 is 56.0 Å². The summed E-state index contributed by atoms with van der Waals surface area (Å²) < 4.78 is 5.46. The molecule has 3 rings (SSSR count). The van der Waals surface area contributed by atoms with Crippen LogP contribution >= 0.6 is 22.9 Å². The number of aromatic nitrogens is 1. The Morgan fingerprint density at radius 2 is 1.88 bits per heavy atom. The SMILES string of the molecule is COC(=O)c1ccc2nc(NC(=O)Nc3ccc(Cl)cc3)sc2c1. The number of urea groups is 1. The van der Waals surface area contributed by atoms with E-state index in [0.717, 1.165) is 4.70 Å². The third-order valence-corrected chi connectivity index (χ3v) is 4.32. The van der Waals surface area contributed by atoms with E-state index in [1.165, 1.54) is 18.4 Å². The fraction of sp³-hybridized carbons (Fsp3) is 0.0625. The van der Waals surface area contributed by atoms with Crippen molar-refractivity contribution in [3.05, 3.63) is 53.1 Å². The van der Waals surface area contributed by atoms with Crippen molar-refractivity contribution in [1.29, 1.82) is 0 Å². The van der Waals surface area contributed by atoms with Crippen LogP contribution in [0.25, 0.3) is 10.2 Å². The number of esters is 1. The minimum absolute atomic E-state index is 0.412. The standard InChI is InChI=1S/C16H12ClN3O3S/c1-23-14(21)9-2-7-12-13(8-9)24-16(19-12)20-15(22)18-11-5-3-10(17)4-6-11/h2-8H,1H3,(H2,18,19,20,22). The molecule has 122 valence electrons. The van der Waals surface area contributed by atoms with Gasteiger partial charge in [0.15, 0.2) is 5.13 Å². The van der Waals surface area contributed by atoms with Gasteiger partial charge in [0.1, 0.15) is 0 Å². The Kier molecular flexibility index (Phi) is 4.64. The first-order chi connectivity index (χ1) is 11.5. The van der Waals surface area contributed by atoms with Crippen LogP contribution in [0.4, 0.5) is 15.6 Å². The van der Waals surface area contributed by atoms with Gasteiger partial charge in [0.25, 0.3) is 0 Å². The molecule has 6 nitrogen and oxygen atoms in total. The predicted octanol–water partition coefficient (Wildman–Crippen LogP) is 4.38.